The third-order valence-electron chi connectivity index (χ3n) is 4.56. The molecule has 0 fully saturated rings. The van der Waals surface area contributed by atoms with Gasteiger partial charge in [0.1, 0.15) is 16.8 Å². The van der Waals surface area contributed by atoms with Crippen molar-refractivity contribution in [1.29, 1.82) is 5.26 Å². The molecular formula is C20H15BrN2O3S. The number of rotatable bonds is 3. The number of ether oxygens (including phenoxy) is 3. The molecule has 3 aromatic rings. The number of hydrogen-bond donors (Lipinski definition) is 1. The third-order valence-corrected chi connectivity index (χ3v) is 6.06. The molecule has 0 amide bonds. The second-order valence-corrected chi connectivity index (χ2v) is 7.83. The van der Waals surface area contributed by atoms with Gasteiger partial charge in [0.25, 0.3) is 0 Å². The predicted octanol–water partition coefficient (Wildman–Crippen LogP) is 5.27. The minimum Gasteiger partial charge on any atom is -0.493 e. The summed E-state index contributed by atoms with van der Waals surface area (Å²) in [7, 11) is 3.19. The number of fused-ring (bicyclic) bond motifs is 2. The third kappa shape index (κ3) is 2.73. The quantitative estimate of drug-likeness (QED) is 0.467. The molecule has 2 N–H and O–H groups in total. The maximum atomic E-state index is 9.68. The highest BCUT2D eigenvalue weighted by molar-refractivity contribution is 9.10. The molecule has 5 nitrogen and oxygen atoms in total. The van der Waals surface area contributed by atoms with E-state index >= 15 is 0 Å². The lowest BCUT2D eigenvalue weighted by molar-refractivity contribution is 0.352. The van der Waals surface area contributed by atoms with Crippen LogP contribution in [0.4, 0.5) is 5.00 Å². The number of nitrogens with two attached hydrogens (primary N) is 1. The second kappa shape index (κ2) is 6.80. The lowest BCUT2D eigenvalue weighted by atomic mass is 9.82. The van der Waals surface area contributed by atoms with Crippen molar-refractivity contribution in [2.75, 3.05) is 20.0 Å². The highest BCUT2D eigenvalue weighted by Gasteiger charge is 2.35. The molecule has 1 aliphatic heterocycles. The van der Waals surface area contributed by atoms with E-state index in [0.29, 0.717) is 27.1 Å². The Bertz CT molecular complexity index is 1090. The number of thiophene rings is 1. The van der Waals surface area contributed by atoms with Crippen molar-refractivity contribution in [2.45, 2.75) is 5.92 Å². The zero-order chi connectivity index (χ0) is 19.1. The van der Waals surface area contributed by atoms with Gasteiger partial charge in [-0.25, -0.2) is 0 Å². The van der Waals surface area contributed by atoms with Crippen LogP contribution in [0.1, 0.15) is 28.2 Å². The van der Waals surface area contributed by atoms with E-state index < -0.39 is 0 Å². The first-order chi connectivity index (χ1) is 13.1. The number of nitriles is 1. The first kappa shape index (κ1) is 17.7. The fourth-order valence-electron chi connectivity index (χ4n) is 3.41. The number of benzene rings is 2. The summed E-state index contributed by atoms with van der Waals surface area (Å²) >= 11 is 4.85. The Morgan fingerprint density at radius 2 is 2.00 bits per heavy atom. The normalized spacial score (nSPS) is 14.5. The van der Waals surface area contributed by atoms with Gasteiger partial charge in [-0.3, -0.25) is 0 Å². The summed E-state index contributed by atoms with van der Waals surface area (Å²) in [5, 5.41) is 10.8. The smallest absolute Gasteiger partial charge is 0.188 e. The molecule has 0 aliphatic carbocycles. The standard InChI is InChI=1S/C20H15BrN2O3S/c1-24-15-8-10(7-13(21)18(15)25-2)16-11-5-3-4-6-14(11)26-20-17(16)12(9-22)19(23)27-20/h3-8,16H,23H2,1-2H3. The van der Waals surface area contributed by atoms with Crippen LogP contribution in [0.2, 0.25) is 0 Å². The minimum atomic E-state index is -0.204. The summed E-state index contributed by atoms with van der Waals surface area (Å²) in [6.07, 6.45) is 0. The van der Waals surface area contributed by atoms with Crippen LogP contribution in [0, 0.1) is 11.3 Å². The summed E-state index contributed by atoms with van der Waals surface area (Å²) in [6, 6.07) is 13.9. The molecule has 1 aromatic heterocycles. The van der Waals surface area contributed by atoms with E-state index in [1.165, 1.54) is 11.3 Å². The van der Waals surface area contributed by atoms with E-state index in [2.05, 4.69) is 22.0 Å². The van der Waals surface area contributed by atoms with Crippen molar-refractivity contribution < 1.29 is 14.2 Å². The van der Waals surface area contributed by atoms with Gasteiger partial charge in [-0.15, -0.1) is 0 Å². The van der Waals surface area contributed by atoms with Crippen molar-refractivity contribution in [1.82, 2.24) is 0 Å². The van der Waals surface area contributed by atoms with E-state index in [9.17, 15) is 5.26 Å². The molecule has 1 atom stereocenters. The molecule has 4 rings (SSSR count). The van der Waals surface area contributed by atoms with E-state index in [1.807, 2.05) is 36.4 Å². The van der Waals surface area contributed by atoms with Crippen molar-refractivity contribution in [3.8, 4) is 28.4 Å². The molecule has 0 saturated carbocycles. The highest BCUT2D eigenvalue weighted by atomic mass is 79.9. The number of nitrogens with zero attached hydrogens (tertiary/aromatic N) is 1. The molecule has 2 aromatic carbocycles. The Balaban J connectivity index is 2.01. The van der Waals surface area contributed by atoms with Gasteiger partial charge in [-0.05, 0) is 39.7 Å². The van der Waals surface area contributed by atoms with Gasteiger partial charge in [0.2, 0.25) is 0 Å². The Labute approximate surface area is 169 Å². The maximum Gasteiger partial charge on any atom is 0.188 e. The Morgan fingerprint density at radius 1 is 1.22 bits per heavy atom. The van der Waals surface area contributed by atoms with Crippen LogP contribution in [0.3, 0.4) is 0 Å². The van der Waals surface area contributed by atoms with E-state index in [4.69, 9.17) is 19.9 Å². The number of hydrogen-bond acceptors (Lipinski definition) is 6. The zero-order valence-corrected chi connectivity index (χ0v) is 17.0. The number of methoxy groups -OCH3 is 2. The summed E-state index contributed by atoms with van der Waals surface area (Å²) < 4.78 is 17.8. The minimum absolute atomic E-state index is 0.204. The van der Waals surface area contributed by atoms with Crippen LogP contribution < -0.4 is 19.9 Å². The van der Waals surface area contributed by atoms with Gasteiger partial charge in [0, 0.05) is 17.0 Å². The molecule has 0 radical (unpaired) electrons. The highest BCUT2D eigenvalue weighted by Crippen LogP contribution is 2.54. The molecule has 2 heterocycles. The summed E-state index contributed by atoms with van der Waals surface area (Å²) in [5.41, 5.74) is 9.27. The first-order valence-electron chi connectivity index (χ1n) is 8.09. The maximum absolute atomic E-state index is 9.68. The SMILES string of the molecule is COc1cc(C2c3ccccc3Oc3sc(N)c(C#N)c32)cc(Br)c1OC. The predicted molar refractivity (Wildman–Crippen MR) is 108 cm³/mol. The summed E-state index contributed by atoms with van der Waals surface area (Å²) in [4.78, 5) is 0. The molecule has 136 valence electrons. The van der Waals surface area contributed by atoms with Crippen LogP contribution in [0.15, 0.2) is 40.9 Å². The number of para-hydroxylation sites is 1. The lowest BCUT2D eigenvalue weighted by Crippen LogP contribution is -2.12. The van der Waals surface area contributed by atoms with E-state index in [-0.39, 0.29) is 5.92 Å². The number of anilines is 1. The van der Waals surface area contributed by atoms with Gasteiger partial charge in [0.05, 0.1) is 24.3 Å². The molecule has 7 heteroatoms. The molecule has 1 aliphatic rings. The van der Waals surface area contributed by atoms with Crippen LogP contribution in [-0.4, -0.2) is 14.2 Å². The molecule has 0 saturated heterocycles. The van der Waals surface area contributed by atoms with Crippen LogP contribution in [0.25, 0.3) is 0 Å². The van der Waals surface area contributed by atoms with Gasteiger partial charge >= 0.3 is 0 Å². The van der Waals surface area contributed by atoms with Crippen molar-refractivity contribution in [3.63, 3.8) is 0 Å². The first-order valence-corrected chi connectivity index (χ1v) is 9.70. The molecule has 27 heavy (non-hydrogen) atoms. The summed E-state index contributed by atoms with van der Waals surface area (Å²) in [6.45, 7) is 0. The average Bonchev–Trinajstić information content (AvgIpc) is 2.99. The van der Waals surface area contributed by atoms with Gasteiger partial charge in [-0.1, -0.05) is 29.5 Å². The summed E-state index contributed by atoms with van der Waals surface area (Å²) in [5.74, 6) is 1.78. The molecule has 0 spiro atoms. The fourth-order valence-corrected chi connectivity index (χ4v) is 4.95. The Morgan fingerprint density at radius 3 is 2.70 bits per heavy atom. The van der Waals surface area contributed by atoms with Gasteiger partial charge in [0.15, 0.2) is 16.6 Å². The van der Waals surface area contributed by atoms with Crippen molar-refractivity contribution in [2.24, 2.45) is 0 Å². The second-order valence-electron chi connectivity index (χ2n) is 5.97. The Hall–Kier alpha value is -2.69. The largest absolute Gasteiger partial charge is 0.493 e. The van der Waals surface area contributed by atoms with Gasteiger partial charge < -0.3 is 19.9 Å². The van der Waals surface area contributed by atoms with Crippen LogP contribution in [0.5, 0.6) is 22.3 Å². The molecule has 0 bridgehead atoms. The van der Waals surface area contributed by atoms with E-state index in [0.717, 1.165) is 26.9 Å². The molecular weight excluding hydrogens is 428 g/mol. The number of nitrogen functional groups attached to an aromatic ring is 1. The average molecular weight is 443 g/mol. The van der Waals surface area contributed by atoms with Crippen LogP contribution in [-0.2, 0) is 0 Å². The molecule has 1 unspecified atom stereocenters. The van der Waals surface area contributed by atoms with E-state index in [1.54, 1.807) is 14.2 Å². The van der Waals surface area contributed by atoms with Gasteiger partial charge in [-0.2, -0.15) is 5.26 Å². The van der Waals surface area contributed by atoms with Crippen LogP contribution >= 0.6 is 27.3 Å². The monoisotopic (exact) mass is 442 g/mol. The zero-order valence-electron chi connectivity index (χ0n) is 14.6. The fraction of sp³-hybridized carbons (Fsp3) is 0.150. The number of halogens is 1. The van der Waals surface area contributed by atoms with Crippen molar-refractivity contribution >= 4 is 32.3 Å². The lowest BCUT2D eigenvalue weighted by Gasteiger charge is -2.27. The Kier molecular flexibility index (Phi) is 4.46. The topological polar surface area (TPSA) is 77.5 Å². The van der Waals surface area contributed by atoms with Crippen molar-refractivity contribution in [3.05, 3.63) is 63.1 Å².